The smallest absolute Gasteiger partial charge is 0.0126 e. The first-order valence-electron chi connectivity index (χ1n) is 8.81. The van der Waals surface area contributed by atoms with Gasteiger partial charge in [0.25, 0.3) is 0 Å². The van der Waals surface area contributed by atoms with Gasteiger partial charge in [-0.25, -0.2) is 0 Å². The molecule has 0 heteroatoms. The Labute approximate surface area is 139 Å². The highest BCUT2D eigenvalue weighted by Gasteiger charge is 2.34. The fraction of sp³-hybridized carbons (Fsp3) is 0.727. The molecule has 0 N–H and O–H groups in total. The molecule has 0 aliphatic heterocycles. The van der Waals surface area contributed by atoms with E-state index in [2.05, 4.69) is 83.1 Å². The minimum atomic E-state index is 0.171. The van der Waals surface area contributed by atoms with Crippen LogP contribution in [0.25, 0.3) is 0 Å². The Morgan fingerprint density at radius 1 is 0.545 bits per heavy atom. The molecular formula is C22H38. The van der Waals surface area contributed by atoms with Crippen molar-refractivity contribution < 1.29 is 0 Å². The number of benzene rings is 1. The molecule has 0 amide bonds. The molecule has 126 valence electrons. The molecule has 0 aliphatic rings. The third-order valence-electron chi connectivity index (χ3n) is 4.73. The van der Waals surface area contributed by atoms with E-state index in [1.807, 2.05) is 0 Å². The summed E-state index contributed by atoms with van der Waals surface area (Å²) in [5.41, 5.74) is 9.87. The maximum atomic E-state index is 2.37. The number of rotatable bonds is 1. The molecule has 22 heavy (non-hydrogen) atoms. The molecule has 0 aromatic heterocycles. The molecule has 0 unspecified atom stereocenters. The molecule has 0 saturated carbocycles. The molecular weight excluding hydrogens is 264 g/mol. The van der Waals surface area contributed by atoms with E-state index < -0.39 is 0 Å². The highest BCUT2D eigenvalue weighted by atomic mass is 14.4. The quantitative estimate of drug-likeness (QED) is 0.537. The van der Waals surface area contributed by atoms with Gasteiger partial charge < -0.3 is 0 Å². The van der Waals surface area contributed by atoms with Crippen molar-refractivity contribution >= 4 is 0 Å². The van der Waals surface area contributed by atoms with Crippen LogP contribution in [0.15, 0.2) is 0 Å². The molecule has 0 nitrogen and oxygen atoms in total. The highest BCUT2D eigenvalue weighted by Crippen LogP contribution is 2.44. The van der Waals surface area contributed by atoms with Crippen LogP contribution in [0, 0.1) is 13.8 Å². The zero-order chi connectivity index (χ0) is 17.7. The van der Waals surface area contributed by atoms with E-state index in [0.717, 1.165) is 6.42 Å². The molecule has 0 bridgehead atoms. The fourth-order valence-electron chi connectivity index (χ4n) is 4.42. The Balaban J connectivity index is 4.12. The maximum absolute atomic E-state index is 2.37. The van der Waals surface area contributed by atoms with Gasteiger partial charge in [0, 0.05) is 0 Å². The fourth-order valence-corrected chi connectivity index (χ4v) is 4.42. The van der Waals surface area contributed by atoms with Crippen molar-refractivity contribution in [2.45, 2.75) is 106 Å². The lowest BCUT2D eigenvalue weighted by Crippen LogP contribution is -2.29. The van der Waals surface area contributed by atoms with Crippen LogP contribution in [0.4, 0.5) is 0 Å². The lowest BCUT2D eigenvalue weighted by molar-refractivity contribution is 0.511. The average molecular weight is 303 g/mol. The van der Waals surface area contributed by atoms with Crippen LogP contribution in [0.3, 0.4) is 0 Å². The molecule has 1 rings (SSSR count). The standard InChI is InChI=1S/C22H38/c1-13-16-14(2)17(20(4,5)6)15(3)18(21(7,8)9)19(16)22(10,11)12/h13H2,1-12H3. The Morgan fingerprint density at radius 2 is 0.909 bits per heavy atom. The van der Waals surface area contributed by atoms with Crippen molar-refractivity contribution in [3.63, 3.8) is 0 Å². The van der Waals surface area contributed by atoms with Crippen molar-refractivity contribution in [3.05, 3.63) is 33.4 Å². The largest absolute Gasteiger partial charge is 0.0613 e. The SMILES string of the molecule is CCc1c(C)c(C(C)(C)C)c(C)c(C(C)(C)C)c1C(C)(C)C. The molecule has 0 saturated heterocycles. The summed E-state index contributed by atoms with van der Waals surface area (Å²) in [4.78, 5) is 0. The average Bonchev–Trinajstić information content (AvgIpc) is 2.22. The van der Waals surface area contributed by atoms with Gasteiger partial charge in [0.05, 0.1) is 0 Å². The molecule has 1 aromatic carbocycles. The van der Waals surface area contributed by atoms with Gasteiger partial charge in [-0.1, -0.05) is 69.2 Å². The predicted molar refractivity (Wildman–Crippen MR) is 101 cm³/mol. The topological polar surface area (TPSA) is 0 Å². The van der Waals surface area contributed by atoms with Gasteiger partial charge in [0.15, 0.2) is 0 Å². The summed E-state index contributed by atoms with van der Waals surface area (Å²) in [6.45, 7) is 28.3. The molecule has 0 heterocycles. The third kappa shape index (κ3) is 3.42. The van der Waals surface area contributed by atoms with E-state index in [0.29, 0.717) is 0 Å². The Hall–Kier alpha value is -0.780. The van der Waals surface area contributed by atoms with Crippen LogP contribution in [-0.4, -0.2) is 0 Å². The Morgan fingerprint density at radius 3 is 1.18 bits per heavy atom. The third-order valence-corrected chi connectivity index (χ3v) is 4.73. The van der Waals surface area contributed by atoms with Gasteiger partial charge in [-0.2, -0.15) is 0 Å². The summed E-state index contributed by atoms with van der Waals surface area (Å²) >= 11 is 0. The molecule has 0 aliphatic carbocycles. The van der Waals surface area contributed by atoms with Crippen molar-refractivity contribution in [1.82, 2.24) is 0 Å². The molecule has 0 fully saturated rings. The Bertz CT molecular complexity index is 552. The second-order valence-corrected chi connectivity index (χ2v) is 9.96. The molecule has 0 radical (unpaired) electrons. The van der Waals surface area contributed by atoms with Gasteiger partial charge in [0.2, 0.25) is 0 Å². The summed E-state index contributed by atoms with van der Waals surface area (Å²) in [5.74, 6) is 0. The lowest BCUT2D eigenvalue weighted by atomic mass is 9.66. The zero-order valence-electron chi connectivity index (χ0n) is 17.2. The van der Waals surface area contributed by atoms with E-state index in [-0.39, 0.29) is 16.2 Å². The highest BCUT2D eigenvalue weighted by molar-refractivity contribution is 5.57. The summed E-state index contributed by atoms with van der Waals surface area (Å²) in [7, 11) is 0. The second-order valence-electron chi connectivity index (χ2n) is 9.96. The maximum Gasteiger partial charge on any atom is -0.0126 e. The summed E-state index contributed by atoms with van der Waals surface area (Å²) in [6.07, 6.45) is 1.12. The van der Waals surface area contributed by atoms with Crippen LogP contribution in [-0.2, 0) is 22.7 Å². The van der Waals surface area contributed by atoms with Crippen molar-refractivity contribution in [3.8, 4) is 0 Å². The number of hydrogen-bond donors (Lipinski definition) is 0. The van der Waals surface area contributed by atoms with Crippen LogP contribution < -0.4 is 0 Å². The monoisotopic (exact) mass is 302 g/mol. The van der Waals surface area contributed by atoms with Crippen molar-refractivity contribution in [2.24, 2.45) is 0 Å². The zero-order valence-corrected chi connectivity index (χ0v) is 17.2. The summed E-state index contributed by atoms with van der Waals surface area (Å²) in [6, 6.07) is 0. The van der Waals surface area contributed by atoms with E-state index in [9.17, 15) is 0 Å². The van der Waals surface area contributed by atoms with Crippen LogP contribution in [0.5, 0.6) is 0 Å². The molecule has 1 aromatic rings. The minimum Gasteiger partial charge on any atom is -0.0613 e. The molecule has 0 atom stereocenters. The van der Waals surface area contributed by atoms with Crippen molar-refractivity contribution in [2.75, 3.05) is 0 Å². The van der Waals surface area contributed by atoms with E-state index in [1.54, 1.807) is 22.3 Å². The van der Waals surface area contributed by atoms with Gasteiger partial charge in [0.1, 0.15) is 0 Å². The van der Waals surface area contributed by atoms with Crippen LogP contribution in [0.2, 0.25) is 0 Å². The predicted octanol–water partition coefficient (Wildman–Crippen LogP) is 6.76. The lowest BCUT2D eigenvalue weighted by Gasteiger charge is -2.39. The van der Waals surface area contributed by atoms with E-state index in [4.69, 9.17) is 0 Å². The van der Waals surface area contributed by atoms with E-state index in [1.165, 1.54) is 11.1 Å². The first-order valence-corrected chi connectivity index (χ1v) is 8.81. The number of hydrogen-bond acceptors (Lipinski definition) is 0. The minimum absolute atomic E-state index is 0.171. The van der Waals surface area contributed by atoms with Gasteiger partial charge >= 0.3 is 0 Å². The molecule has 0 spiro atoms. The summed E-state index contributed by atoms with van der Waals surface area (Å²) < 4.78 is 0. The first kappa shape index (κ1) is 19.3. The van der Waals surface area contributed by atoms with Gasteiger partial charge in [-0.15, -0.1) is 0 Å². The first-order chi connectivity index (χ1) is 9.64. The van der Waals surface area contributed by atoms with Crippen LogP contribution in [0.1, 0.15) is 103 Å². The van der Waals surface area contributed by atoms with Crippen molar-refractivity contribution in [1.29, 1.82) is 0 Å². The Kier molecular flexibility index (Phi) is 4.99. The van der Waals surface area contributed by atoms with Gasteiger partial charge in [-0.05, 0) is 69.9 Å². The normalized spacial score (nSPS) is 13.6. The van der Waals surface area contributed by atoms with Crippen LogP contribution >= 0.6 is 0 Å². The van der Waals surface area contributed by atoms with E-state index >= 15 is 0 Å². The second kappa shape index (κ2) is 5.69. The summed E-state index contributed by atoms with van der Waals surface area (Å²) in [5, 5.41) is 0. The van der Waals surface area contributed by atoms with Gasteiger partial charge in [-0.3, -0.25) is 0 Å².